The number of carbonyl (C=O) groups is 3. The van der Waals surface area contributed by atoms with E-state index < -0.39 is 35.3 Å². The summed E-state index contributed by atoms with van der Waals surface area (Å²) in [4.78, 5) is 32.4. The summed E-state index contributed by atoms with van der Waals surface area (Å²) in [6.45, 7) is 1.48. The summed E-state index contributed by atoms with van der Waals surface area (Å²) in [5, 5.41) is 19.5. The van der Waals surface area contributed by atoms with Crippen LogP contribution in [-0.2, 0) is 23.9 Å². The van der Waals surface area contributed by atoms with Crippen molar-refractivity contribution in [1.82, 2.24) is 0 Å². The van der Waals surface area contributed by atoms with Crippen LogP contribution in [0.4, 0.5) is 0 Å². The smallest absolute Gasteiger partial charge is 0.546 e. The first-order valence-electron chi connectivity index (χ1n) is 4.01. The van der Waals surface area contributed by atoms with Crippen LogP contribution in [0.1, 0.15) is 6.92 Å². The summed E-state index contributed by atoms with van der Waals surface area (Å²) in [6, 6.07) is 0. The molecule has 0 aromatic rings. The first kappa shape index (κ1) is 14.9. The standard InChI is InChI=1S/C8H8O7.Na/c1-2-14-7(12)3-4(9)5(6(10)11)15-8(3)13;/h5,9H,2H2,1H3,(H,10,11);/q;+1/p-1. The monoisotopic (exact) mass is 238 g/mol. The van der Waals surface area contributed by atoms with E-state index in [2.05, 4.69) is 9.47 Å². The topological polar surface area (TPSA) is 113 Å². The van der Waals surface area contributed by atoms with E-state index in [1.165, 1.54) is 6.92 Å². The van der Waals surface area contributed by atoms with Gasteiger partial charge in [0.2, 0.25) is 0 Å². The van der Waals surface area contributed by atoms with Gasteiger partial charge in [-0.2, -0.15) is 0 Å². The van der Waals surface area contributed by atoms with Crippen molar-refractivity contribution in [1.29, 1.82) is 0 Å². The average molecular weight is 238 g/mol. The zero-order valence-corrected chi connectivity index (χ0v) is 10.7. The van der Waals surface area contributed by atoms with E-state index in [1.54, 1.807) is 0 Å². The fraction of sp³-hybridized carbons (Fsp3) is 0.375. The van der Waals surface area contributed by atoms with Gasteiger partial charge in [-0.15, -0.1) is 0 Å². The van der Waals surface area contributed by atoms with E-state index in [-0.39, 0.29) is 36.2 Å². The second kappa shape index (κ2) is 5.88. The van der Waals surface area contributed by atoms with Crippen molar-refractivity contribution < 1.29 is 63.6 Å². The number of cyclic esters (lactones) is 1. The molecule has 8 heteroatoms. The quantitative estimate of drug-likeness (QED) is 0.297. The Balaban J connectivity index is 0.00000225. The van der Waals surface area contributed by atoms with Crippen molar-refractivity contribution in [2.24, 2.45) is 0 Å². The van der Waals surface area contributed by atoms with E-state index in [0.29, 0.717) is 0 Å². The number of hydrogen-bond acceptors (Lipinski definition) is 7. The van der Waals surface area contributed by atoms with Gasteiger partial charge >= 0.3 is 41.5 Å². The van der Waals surface area contributed by atoms with Crippen LogP contribution in [0.15, 0.2) is 11.3 Å². The van der Waals surface area contributed by atoms with Crippen LogP contribution >= 0.6 is 0 Å². The number of aliphatic carboxylic acids is 1. The molecule has 0 fully saturated rings. The first-order chi connectivity index (χ1) is 6.99. The molecule has 0 radical (unpaired) electrons. The molecule has 1 atom stereocenters. The molecular weight excluding hydrogens is 231 g/mol. The van der Waals surface area contributed by atoms with E-state index >= 15 is 0 Å². The fourth-order valence-corrected chi connectivity index (χ4v) is 1.01. The van der Waals surface area contributed by atoms with Crippen LogP contribution in [0.2, 0.25) is 0 Å². The molecule has 0 saturated heterocycles. The first-order valence-corrected chi connectivity index (χ1v) is 4.01. The van der Waals surface area contributed by atoms with Gasteiger partial charge in [0.05, 0.1) is 12.6 Å². The van der Waals surface area contributed by atoms with E-state index in [0.717, 1.165) is 0 Å². The van der Waals surface area contributed by atoms with E-state index in [9.17, 15) is 24.6 Å². The maximum absolute atomic E-state index is 11.1. The molecule has 0 spiro atoms. The molecule has 0 bridgehead atoms. The SMILES string of the molecule is CCOC(=O)C1=C(O)C(C(=O)[O-])OC1=O.[Na+]. The zero-order chi connectivity index (χ0) is 11.6. The molecule has 0 aliphatic carbocycles. The summed E-state index contributed by atoms with van der Waals surface area (Å²) in [5.74, 6) is -5.15. The molecule has 1 aliphatic heterocycles. The van der Waals surface area contributed by atoms with Gasteiger partial charge in [-0.3, -0.25) is 0 Å². The van der Waals surface area contributed by atoms with Crippen LogP contribution in [0, 0.1) is 0 Å². The Hall–Kier alpha value is -1.05. The number of aliphatic hydroxyl groups excluding tert-OH is 1. The molecule has 16 heavy (non-hydrogen) atoms. The summed E-state index contributed by atoms with van der Waals surface area (Å²) in [7, 11) is 0. The number of hydrogen-bond donors (Lipinski definition) is 1. The van der Waals surface area contributed by atoms with Gasteiger partial charge in [-0.1, -0.05) is 0 Å². The molecule has 1 N–H and O–H groups in total. The minimum absolute atomic E-state index is 0. The average Bonchev–Trinajstić information content (AvgIpc) is 2.42. The van der Waals surface area contributed by atoms with Crippen molar-refractivity contribution in [3.8, 4) is 0 Å². The normalized spacial score (nSPS) is 18.8. The minimum Gasteiger partial charge on any atom is -0.546 e. The van der Waals surface area contributed by atoms with Crippen molar-refractivity contribution in [3.63, 3.8) is 0 Å². The van der Waals surface area contributed by atoms with Crippen LogP contribution < -0.4 is 34.7 Å². The molecule has 1 unspecified atom stereocenters. The largest absolute Gasteiger partial charge is 1.00 e. The van der Waals surface area contributed by atoms with Crippen LogP contribution in [-0.4, -0.2) is 35.7 Å². The zero-order valence-electron chi connectivity index (χ0n) is 8.68. The third-order valence-electron chi connectivity index (χ3n) is 1.63. The van der Waals surface area contributed by atoms with Crippen molar-refractivity contribution in [2.75, 3.05) is 6.61 Å². The van der Waals surface area contributed by atoms with E-state index in [4.69, 9.17) is 0 Å². The summed E-state index contributed by atoms with van der Waals surface area (Å²) >= 11 is 0. The van der Waals surface area contributed by atoms with Gasteiger partial charge in [-0.05, 0) is 6.92 Å². The summed E-state index contributed by atoms with van der Waals surface area (Å²) < 4.78 is 8.61. The van der Waals surface area contributed by atoms with Crippen LogP contribution in [0.3, 0.4) is 0 Å². The maximum atomic E-state index is 11.1. The summed E-state index contributed by atoms with van der Waals surface area (Å²) in [5.41, 5.74) is -0.800. The number of carboxylic acid groups (broad SMARTS) is 1. The molecule has 0 saturated carbocycles. The van der Waals surface area contributed by atoms with Crippen LogP contribution in [0.5, 0.6) is 0 Å². The van der Waals surface area contributed by atoms with Gasteiger partial charge in [0.15, 0.2) is 17.4 Å². The van der Waals surface area contributed by atoms with Crippen molar-refractivity contribution in [3.05, 3.63) is 11.3 Å². The molecule has 1 rings (SSSR count). The molecule has 0 aromatic heterocycles. The number of carbonyl (C=O) groups excluding carboxylic acids is 3. The Morgan fingerprint density at radius 3 is 2.50 bits per heavy atom. The van der Waals surface area contributed by atoms with E-state index in [1.807, 2.05) is 0 Å². The number of rotatable bonds is 3. The van der Waals surface area contributed by atoms with Crippen molar-refractivity contribution >= 4 is 17.9 Å². The Labute approximate surface area is 112 Å². The third-order valence-corrected chi connectivity index (χ3v) is 1.63. The Morgan fingerprint density at radius 2 is 2.12 bits per heavy atom. The second-order valence-electron chi connectivity index (χ2n) is 2.59. The predicted octanol–water partition coefficient (Wildman–Crippen LogP) is -4.96. The molecule has 1 heterocycles. The van der Waals surface area contributed by atoms with Gasteiger partial charge in [0.1, 0.15) is 0 Å². The molecule has 7 nitrogen and oxygen atoms in total. The van der Waals surface area contributed by atoms with Gasteiger partial charge in [0.25, 0.3) is 0 Å². The molecule has 1 aliphatic rings. The van der Waals surface area contributed by atoms with Gasteiger partial charge < -0.3 is 24.5 Å². The molecule has 82 valence electrons. The number of carboxylic acids is 1. The minimum atomic E-state index is -1.93. The third kappa shape index (κ3) is 2.75. The Bertz CT molecular complexity index is 359. The number of ether oxygens (including phenoxy) is 2. The van der Waals surface area contributed by atoms with Crippen molar-refractivity contribution in [2.45, 2.75) is 13.0 Å². The van der Waals surface area contributed by atoms with Gasteiger partial charge in [0, 0.05) is 0 Å². The van der Waals surface area contributed by atoms with Crippen LogP contribution in [0.25, 0.3) is 0 Å². The van der Waals surface area contributed by atoms with Gasteiger partial charge in [-0.25, -0.2) is 9.59 Å². The molecule has 0 amide bonds. The fourth-order valence-electron chi connectivity index (χ4n) is 1.01. The molecular formula is C8H7NaO7. The molecule has 0 aromatic carbocycles. The maximum Gasteiger partial charge on any atom is 1.00 e. The Kier molecular flexibility index (Phi) is 5.49. The number of esters is 2. The second-order valence-corrected chi connectivity index (χ2v) is 2.59. The summed E-state index contributed by atoms with van der Waals surface area (Å²) in [6.07, 6.45) is -1.93. The Morgan fingerprint density at radius 1 is 1.56 bits per heavy atom. The predicted molar refractivity (Wildman–Crippen MR) is 41.2 cm³/mol. The number of aliphatic hydroxyl groups is 1.